The van der Waals surface area contributed by atoms with E-state index in [0.29, 0.717) is 0 Å². The lowest BCUT2D eigenvalue weighted by Crippen LogP contribution is -2.31. The lowest BCUT2D eigenvalue weighted by atomic mass is 9.75. The molecule has 0 bridgehead atoms. The Bertz CT molecular complexity index is 289. The van der Waals surface area contributed by atoms with Crippen molar-refractivity contribution in [3.05, 3.63) is 35.9 Å². The zero-order valence-electron chi connectivity index (χ0n) is 9.08. The second-order valence-corrected chi connectivity index (χ2v) is 4.41. The summed E-state index contributed by atoms with van der Waals surface area (Å²) in [4.78, 5) is 0. The van der Waals surface area contributed by atoms with Crippen molar-refractivity contribution in [3.8, 4) is 0 Å². The third-order valence-electron chi connectivity index (χ3n) is 3.48. The molecule has 0 radical (unpaired) electrons. The van der Waals surface area contributed by atoms with Crippen LogP contribution in [0.1, 0.15) is 24.8 Å². The van der Waals surface area contributed by atoms with Crippen LogP contribution in [-0.4, -0.2) is 24.8 Å². The maximum atomic E-state index is 9.69. The number of hydrogen-bond donors (Lipinski definition) is 2. The minimum atomic E-state index is -0.00917. The molecule has 0 aromatic heterocycles. The number of rotatable bonds is 2. The van der Waals surface area contributed by atoms with Crippen molar-refractivity contribution in [2.75, 3.05) is 19.7 Å². The molecule has 82 valence electrons. The van der Waals surface area contributed by atoms with Gasteiger partial charge in [-0.2, -0.15) is 0 Å². The highest BCUT2D eigenvalue weighted by atomic mass is 16.3. The Morgan fingerprint density at radius 2 is 1.93 bits per heavy atom. The van der Waals surface area contributed by atoms with Crippen molar-refractivity contribution in [2.45, 2.75) is 24.7 Å². The first kappa shape index (κ1) is 10.7. The van der Waals surface area contributed by atoms with Gasteiger partial charge in [-0.25, -0.2) is 0 Å². The van der Waals surface area contributed by atoms with Crippen LogP contribution in [0.15, 0.2) is 30.3 Å². The van der Waals surface area contributed by atoms with Gasteiger partial charge < -0.3 is 10.4 Å². The van der Waals surface area contributed by atoms with E-state index in [4.69, 9.17) is 0 Å². The van der Waals surface area contributed by atoms with Crippen molar-refractivity contribution < 1.29 is 5.11 Å². The van der Waals surface area contributed by atoms with Gasteiger partial charge in [0, 0.05) is 5.41 Å². The predicted octanol–water partition coefficient (Wildman–Crippen LogP) is 1.69. The molecule has 1 saturated heterocycles. The highest BCUT2D eigenvalue weighted by Gasteiger charge is 2.31. The maximum absolute atomic E-state index is 9.69. The summed E-state index contributed by atoms with van der Waals surface area (Å²) in [5.41, 5.74) is 1.28. The zero-order valence-corrected chi connectivity index (χ0v) is 9.08. The molecule has 2 nitrogen and oxygen atoms in total. The van der Waals surface area contributed by atoms with E-state index in [-0.39, 0.29) is 12.0 Å². The summed E-state index contributed by atoms with van der Waals surface area (Å²) in [5.74, 6) is 0. The van der Waals surface area contributed by atoms with Gasteiger partial charge in [0.25, 0.3) is 0 Å². The van der Waals surface area contributed by atoms with Crippen molar-refractivity contribution in [3.63, 3.8) is 0 Å². The third-order valence-corrected chi connectivity index (χ3v) is 3.48. The number of aliphatic hydroxyl groups is 1. The number of benzene rings is 1. The molecular formula is C13H19NO. The molecular weight excluding hydrogens is 186 g/mol. The van der Waals surface area contributed by atoms with Crippen LogP contribution in [0.4, 0.5) is 0 Å². The first-order valence-corrected chi connectivity index (χ1v) is 5.74. The molecule has 1 aliphatic rings. The molecule has 1 heterocycles. The van der Waals surface area contributed by atoms with Crippen LogP contribution in [-0.2, 0) is 5.41 Å². The smallest absolute Gasteiger partial charge is 0.0528 e. The average Bonchev–Trinajstić information content (AvgIpc) is 2.56. The molecule has 1 fully saturated rings. The summed E-state index contributed by atoms with van der Waals surface area (Å²) in [7, 11) is 0. The Morgan fingerprint density at radius 3 is 2.67 bits per heavy atom. The van der Waals surface area contributed by atoms with Crippen molar-refractivity contribution in [1.29, 1.82) is 0 Å². The lowest BCUT2D eigenvalue weighted by molar-refractivity contribution is 0.179. The normalized spacial score (nSPS) is 27.3. The molecule has 2 heteroatoms. The minimum Gasteiger partial charge on any atom is -0.395 e. The van der Waals surface area contributed by atoms with Crippen molar-refractivity contribution >= 4 is 0 Å². The summed E-state index contributed by atoms with van der Waals surface area (Å²) >= 11 is 0. The van der Waals surface area contributed by atoms with Gasteiger partial charge in [-0.05, 0) is 37.9 Å². The summed E-state index contributed by atoms with van der Waals surface area (Å²) in [5, 5.41) is 13.1. The largest absolute Gasteiger partial charge is 0.395 e. The Labute approximate surface area is 91.3 Å². The van der Waals surface area contributed by atoms with Gasteiger partial charge in [-0.3, -0.25) is 0 Å². The van der Waals surface area contributed by atoms with Gasteiger partial charge in [-0.1, -0.05) is 30.3 Å². The van der Waals surface area contributed by atoms with Crippen LogP contribution < -0.4 is 5.32 Å². The van der Waals surface area contributed by atoms with Crippen LogP contribution in [0.25, 0.3) is 0 Å². The summed E-state index contributed by atoms with van der Waals surface area (Å²) in [6.45, 7) is 2.35. The molecule has 1 aromatic carbocycles. The van der Waals surface area contributed by atoms with E-state index in [1.165, 1.54) is 5.56 Å². The molecule has 0 unspecified atom stereocenters. The maximum Gasteiger partial charge on any atom is 0.0528 e. The third kappa shape index (κ3) is 2.21. The predicted molar refractivity (Wildman–Crippen MR) is 61.9 cm³/mol. The fourth-order valence-electron chi connectivity index (χ4n) is 2.46. The van der Waals surface area contributed by atoms with Gasteiger partial charge in [-0.15, -0.1) is 0 Å². The highest BCUT2D eigenvalue weighted by molar-refractivity contribution is 5.25. The molecule has 0 aliphatic carbocycles. The van der Waals surface area contributed by atoms with Crippen LogP contribution in [0.2, 0.25) is 0 Å². The van der Waals surface area contributed by atoms with Gasteiger partial charge in [0.15, 0.2) is 0 Å². The van der Waals surface area contributed by atoms with E-state index >= 15 is 0 Å². The van der Waals surface area contributed by atoms with Crippen molar-refractivity contribution in [1.82, 2.24) is 5.32 Å². The molecule has 1 atom stereocenters. The summed E-state index contributed by atoms with van der Waals surface area (Å²) in [6.07, 6.45) is 3.27. The van der Waals surface area contributed by atoms with E-state index < -0.39 is 0 Å². The second kappa shape index (κ2) is 4.77. The van der Waals surface area contributed by atoms with Crippen molar-refractivity contribution in [2.24, 2.45) is 0 Å². The molecule has 1 aliphatic heterocycles. The lowest BCUT2D eigenvalue weighted by Gasteiger charge is -2.31. The van der Waals surface area contributed by atoms with Crippen LogP contribution in [0.3, 0.4) is 0 Å². The van der Waals surface area contributed by atoms with Crippen LogP contribution in [0, 0.1) is 0 Å². The van der Waals surface area contributed by atoms with Crippen LogP contribution >= 0.6 is 0 Å². The first-order chi connectivity index (χ1) is 7.37. The number of aliphatic hydroxyl groups excluding tert-OH is 1. The average molecular weight is 205 g/mol. The number of nitrogens with one attached hydrogen (secondary N) is 1. The molecule has 15 heavy (non-hydrogen) atoms. The second-order valence-electron chi connectivity index (χ2n) is 4.41. The zero-order chi connectivity index (χ0) is 10.6. The van der Waals surface area contributed by atoms with Gasteiger partial charge in [0.05, 0.1) is 6.61 Å². The minimum absolute atomic E-state index is 0.00917. The molecule has 0 spiro atoms. The molecule has 0 amide bonds. The standard InChI is InChI=1S/C13H19NO/c15-11-13(7-4-9-14-10-8-13)12-5-2-1-3-6-12/h1-3,5-6,14-15H,4,7-11H2/t13-/m1/s1. The highest BCUT2D eigenvalue weighted by Crippen LogP contribution is 2.33. The Kier molecular flexibility index (Phi) is 3.39. The van der Waals surface area contributed by atoms with E-state index in [2.05, 4.69) is 29.6 Å². The number of hydrogen-bond acceptors (Lipinski definition) is 2. The van der Waals surface area contributed by atoms with Gasteiger partial charge in [0.2, 0.25) is 0 Å². The Balaban J connectivity index is 2.27. The topological polar surface area (TPSA) is 32.3 Å². The van der Waals surface area contributed by atoms with Gasteiger partial charge >= 0.3 is 0 Å². The SMILES string of the molecule is OC[C@@]1(c2ccccc2)CCCNCC1. The fourth-order valence-corrected chi connectivity index (χ4v) is 2.46. The monoisotopic (exact) mass is 205 g/mol. The summed E-state index contributed by atoms with van der Waals surface area (Å²) in [6, 6.07) is 10.4. The van der Waals surface area contributed by atoms with E-state index in [1.807, 2.05) is 6.07 Å². The van der Waals surface area contributed by atoms with E-state index in [0.717, 1.165) is 32.4 Å². The molecule has 0 saturated carbocycles. The summed E-state index contributed by atoms with van der Waals surface area (Å²) < 4.78 is 0. The Hall–Kier alpha value is -0.860. The van der Waals surface area contributed by atoms with E-state index in [9.17, 15) is 5.11 Å². The molecule has 2 N–H and O–H groups in total. The molecule has 2 rings (SSSR count). The van der Waals surface area contributed by atoms with Gasteiger partial charge in [0.1, 0.15) is 0 Å². The Morgan fingerprint density at radius 1 is 1.13 bits per heavy atom. The fraction of sp³-hybridized carbons (Fsp3) is 0.538. The quantitative estimate of drug-likeness (QED) is 0.770. The molecule has 1 aromatic rings. The first-order valence-electron chi connectivity index (χ1n) is 5.74. The van der Waals surface area contributed by atoms with E-state index in [1.54, 1.807) is 0 Å². The van der Waals surface area contributed by atoms with Crippen LogP contribution in [0.5, 0.6) is 0 Å².